The molecule has 2 saturated heterocycles. The van der Waals surface area contributed by atoms with Gasteiger partial charge in [0.15, 0.2) is 0 Å². The summed E-state index contributed by atoms with van der Waals surface area (Å²) in [6.07, 6.45) is 4.53. The monoisotopic (exact) mass is 310 g/mol. The third kappa shape index (κ3) is 3.73. The Morgan fingerprint density at radius 1 is 1.00 bits per heavy atom. The minimum absolute atomic E-state index is 0.100. The van der Waals surface area contributed by atoms with Gasteiger partial charge in [-0.2, -0.15) is 0 Å². The van der Waals surface area contributed by atoms with Gasteiger partial charge in [0.05, 0.1) is 0 Å². The molecular formula is C17H30N2O3. The fourth-order valence-corrected chi connectivity index (χ4v) is 3.59. The Morgan fingerprint density at radius 3 is 2.14 bits per heavy atom. The largest absolute Gasteiger partial charge is 0.444 e. The van der Waals surface area contributed by atoms with E-state index in [0.29, 0.717) is 6.54 Å². The van der Waals surface area contributed by atoms with Gasteiger partial charge in [-0.3, -0.25) is 9.69 Å². The first kappa shape index (κ1) is 17.1. The Bertz CT molecular complexity index is 420. The molecule has 2 rings (SSSR count). The Hall–Kier alpha value is -1.26. The molecule has 0 saturated carbocycles. The maximum atomic E-state index is 13.0. The number of ether oxygens (including phenoxy) is 1. The van der Waals surface area contributed by atoms with Gasteiger partial charge in [0.2, 0.25) is 5.91 Å². The third-order valence-corrected chi connectivity index (χ3v) is 4.61. The molecule has 0 spiro atoms. The number of carbonyl (C=O) groups is 2. The van der Waals surface area contributed by atoms with Crippen LogP contribution in [0.5, 0.6) is 0 Å². The number of piperidine rings is 1. The molecule has 0 bridgehead atoms. The van der Waals surface area contributed by atoms with Gasteiger partial charge < -0.3 is 9.64 Å². The highest BCUT2D eigenvalue weighted by molar-refractivity contribution is 5.86. The highest BCUT2D eigenvalue weighted by Gasteiger charge is 2.41. The maximum absolute atomic E-state index is 13.0. The van der Waals surface area contributed by atoms with Crippen LogP contribution in [0.4, 0.5) is 4.79 Å². The lowest BCUT2D eigenvalue weighted by atomic mass is 9.96. The summed E-state index contributed by atoms with van der Waals surface area (Å²) < 4.78 is 5.46. The second-order valence-corrected chi connectivity index (χ2v) is 7.71. The zero-order valence-corrected chi connectivity index (χ0v) is 14.6. The van der Waals surface area contributed by atoms with Gasteiger partial charge in [0.1, 0.15) is 11.6 Å². The molecule has 0 aromatic rings. The minimum Gasteiger partial charge on any atom is -0.444 e. The van der Waals surface area contributed by atoms with Crippen molar-refractivity contribution in [1.82, 2.24) is 9.80 Å². The van der Waals surface area contributed by atoms with E-state index in [1.165, 1.54) is 6.42 Å². The molecular weight excluding hydrogens is 280 g/mol. The quantitative estimate of drug-likeness (QED) is 0.747. The van der Waals surface area contributed by atoms with Gasteiger partial charge in [0, 0.05) is 18.6 Å². The lowest BCUT2D eigenvalue weighted by Crippen LogP contribution is -2.55. The maximum Gasteiger partial charge on any atom is 0.410 e. The van der Waals surface area contributed by atoms with Crippen molar-refractivity contribution in [2.75, 3.05) is 6.54 Å². The van der Waals surface area contributed by atoms with E-state index >= 15 is 0 Å². The highest BCUT2D eigenvalue weighted by Crippen LogP contribution is 2.28. The standard InChI is InChI=1S/C17H30N2O3/c1-12-8-6-9-13(2)19(12)15(20)14-10-7-11-18(14)16(21)22-17(3,4)5/h12-14H,6-11H2,1-5H3/t12?,13?,14-/m0/s1. The molecule has 0 N–H and O–H groups in total. The molecule has 22 heavy (non-hydrogen) atoms. The van der Waals surface area contributed by atoms with Crippen LogP contribution in [-0.2, 0) is 9.53 Å². The van der Waals surface area contributed by atoms with Crippen LogP contribution < -0.4 is 0 Å². The van der Waals surface area contributed by atoms with E-state index < -0.39 is 5.60 Å². The first-order valence-corrected chi connectivity index (χ1v) is 8.52. The summed E-state index contributed by atoms with van der Waals surface area (Å²) >= 11 is 0. The van der Waals surface area contributed by atoms with E-state index in [4.69, 9.17) is 4.74 Å². The predicted molar refractivity (Wildman–Crippen MR) is 85.6 cm³/mol. The van der Waals surface area contributed by atoms with Crippen molar-refractivity contribution in [2.24, 2.45) is 0 Å². The van der Waals surface area contributed by atoms with Crippen molar-refractivity contribution in [3.63, 3.8) is 0 Å². The Labute approximate surface area is 134 Å². The second-order valence-electron chi connectivity index (χ2n) is 7.71. The smallest absolute Gasteiger partial charge is 0.410 e. The molecule has 5 nitrogen and oxygen atoms in total. The average Bonchev–Trinajstić information content (AvgIpc) is 2.85. The molecule has 0 aromatic carbocycles. The summed E-state index contributed by atoms with van der Waals surface area (Å²) in [5.41, 5.74) is -0.529. The van der Waals surface area contributed by atoms with Crippen molar-refractivity contribution in [1.29, 1.82) is 0 Å². The number of rotatable bonds is 1. The summed E-state index contributed by atoms with van der Waals surface area (Å²) in [6, 6.07) is 0.174. The van der Waals surface area contributed by atoms with Gasteiger partial charge in [-0.25, -0.2) is 4.79 Å². The first-order valence-electron chi connectivity index (χ1n) is 8.52. The van der Waals surface area contributed by atoms with E-state index in [9.17, 15) is 9.59 Å². The number of nitrogens with zero attached hydrogens (tertiary/aromatic N) is 2. The second kappa shape index (κ2) is 6.47. The van der Waals surface area contributed by atoms with Gasteiger partial charge in [-0.1, -0.05) is 0 Å². The molecule has 2 fully saturated rings. The Morgan fingerprint density at radius 2 is 1.59 bits per heavy atom. The normalized spacial score (nSPS) is 29.6. The topological polar surface area (TPSA) is 49.9 Å². The summed E-state index contributed by atoms with van der Waals surface area (Å²) in [5, 5.41) is 0. The molecule has 126 valence electrons. The molecule has 0 aliphatic carbocycles. The third-order valence-electron chi connectivity index (χ3n) is 4.61. The van der Waals surface area contributed by atoms with Crippen molar-refractivity contribution in [3.05, 3.63) is 0 Å². The van der Waals surface area contributed by atoms with Gasteiger partial charge in [-0.15, -0.1) is 0 Å². The van der Waals surface area contributed by atoms with Crippen LogP contribution in [0.2, 0.25) is 0 Å². The number of hydrogen-bond donors (Lipinski definition) is 0. The SMILES string of the molecule is CC1CCCC(C)N1C(=O)[C@@H]1CCCN1C(=O)OC(C)(C)C. The van der Waals surface area contributed by atoms with Crippen molar-refractivity contribution in [2.45, 2.75) is 90.4 Å². The summed E-state index contributed by atoms with van der Waals surface area (Å²) in [5.74, 6) is 0.100. The highest BCUT2D eigenvalue weighted by atomic mass is 16.6. The van der Waals surface area contributed by atoms with E-state index in [1.807, 2.05) is 25.7 Å². The summed E-state index contributed by atoms with van der Waals surface area (Å²) in [4.78, 5) is 29.0. The molecule has 2 heterocycles. The lowest BCUT2D eigenvalue weighted by molar-refractivity contribution is -0.142. The van der Waals surface area contributed by atoms with Crippen molar-refractivity contribution >= 4 is 12.0 Å². The van der Waals surface area contributed by atoms with Crippen LogP contribution in [-0.4, -0.2) is 52.1 Å². The molecule has 2 aliphatic heterocycles. The van der Waals surface area contributed by atoms with Gasteiger partial charge in [-0.05, 0) is 66.7 Å². The molecule has 2 amide bonds. The van der Waals surface area contributed by atoms with Crippen LogP contribution in [0.1, 0.15) is 66.7 Å². The zero-order valence-electron chi connectivity index (χ0n) is 14.6. The number of carbonyl (C=O) groups excluding carboxylic acids is 2. The van der Waals surface area contributed by atoms with Crippen molar-refractivity contribution < 1.29 is 14.3 Å². The first-order chi connectivity index (χ1) is 10.2. The molecule has 3 atom stereocenters. The molecule has 2 unspecified atom stereocenters. The lowest BCUT2D eigenvalue weighted by Gasteiger charge is -2.41. The van der Waals surface area contributed by atoms with E-state index in [2.05, 4.69) is 13.8 Å². The molecule has 2 aliphatic rings. The summed E-state index contributed by atoms with van der Waals surface area (Å²) in [6.45, 7) is 10.4. The minimum atomic E-state index is -0.529. The van der Waals surface area contributed by atoms with Crippen LogP contribution in [0, 0.1) is 0 Å². The van der Waals surface area contributed by atoms with Crippen LogP contribution in [0.25, 0.3) is 0 Å². The molecule has 5 heteroatoms. The Kier molecular flexibility index (Phi) is 5.03. The fourth-order valence-electron chi connectivity index (χ4n) is 3.59. The zero-order chi connectivity index (χ0) is 16.5. The van der Waals surface area contributed by atoms with Crippen LogP contribution in [0.15, 0.2) is 0 Å². The van der Waals surface area contributed by atoms with Gasteiger partial charge >= 0.3 is 6.09 Å². The summed E-state index contributed by atoms with van der Waals surface area (Å²) in [7, 11) is 0. The van der Waals surface area contributed by atoms with E-state index in [0.717, 1.165) is 25.7 Å². The van der Waals surface area contributed by atoms with Crippen LogP contribution >= 0.6 is 0 Å². The molecule has 0 radical (unpaired) electrons. The number of hydrogen-bond acceptors (Lipinski definition) is 3. The fraction of sp³-hybridized carbons (Fsp3) is 0.882. The van der Waals surface area contributed by atoms with E-state index in [1.54, 1.807) is 4.90 Å². The van der Waals surface area contributed by atoms with Crippen molar-refractivity contribution in [3.8, 4) is 0 Å². The predicted octanol–water partition coefficient (Wildman–Crippen LogP) is 3.18. The Balaban J connectivity index is 2.09. The van der Waals surface area contributed by atoms with Gasteiger partial charge in [0.25, 0.3) is 0 Å². The van der Waals surface area contributed by atoms with E-state index in [-0.39, 0.29) is 30.1 Å². The number of likely N-dealkylation sites (tertiary alicyclic amines) is 2. The number of amides is 2. The van der Waals surface area contributed by atoms with Crippen LogP contribution in [0.3, 0.4) is 0 Å². The average molecular weight is 310 g/mol. The molecule has 0 aromatic heterocycles.